The van der Waals surface area contributed by atoms with Gasteiger partial charge in [0.15, 0.2) is 0 Å². The van der Waals surface area contributed by atoms with E-state index < -0.39 is 0 Å². The number of hydrogen-bond acceptors (Lipinski definition) is 5. The molecule has 2 aromatic rings. The van der Waals surface area contributed by atoms with Crippen LogP contribution in [-0.2, 0) is 6.61 Å². The van der Waals surface area contributed by atoms with Crippen LogP contribution in [0, 0.1) is 5.92 Å². The summed E-state index contributed by atoms with van der Waals surface area (Å²) in [6, 6.07) is 7.07. The van der Waals surface area contributed by atoms with Crippen LogP contribution in [0.2, 0.25) is 0 Å². The molecule has 0 bridgehead atoms. The number of benzene rings is 1. The molecule has 0 radical (unpaired) electrons. The summed E-state index contributed by atoms with van der Waals surface area (Å²) in [6.07, 6.45) is 5.42. The summed E-state index contributed by atoms with van der Waals surface area (Å²) in [5, 5.41) is 6.35. The minimum Gasteiger partial charge on any atom is -0.497 e. The summed E-state index contributed by atoms with van der Waals surface area (Å²) in [7, 11) is 1.58. The Morgan fingerprint density at radius 3 is 2.80 bits per heavy atom. The Hall–Kier alpha value is -2.47. The molecule has 6 nitrogen and oxygen atoms in total. The van der Waals surface area contributed by atoms with E-state index >= 15 is 0 Å². The van der Waals surface area contributed by atoms with Crippen LogP contribution < -0.4 is 20.1 Å². The number of ether oxygens (including phenoxy) is 2. The summed E-state index contributed by atoms with van der Waals surface area (Å²) < 4.78 is 16.1. The van der Waals surface area contributed by atoms with Crippen molar-refractivity contribution in [2.45, 2.75) is 19.4 Å². The molecular weight excluding hydrogens is 320 g/mol. The van der Waals surface area contributed by atoms with Crippen LogP contribution in [0.3, 0.4) is 0 Å². The lowest BCUT2D eigenvalue weighted by Crippen LogP contribution is -2.35. The van der Waals surface area contributed by atoms with E-state index in [4.69, 9.17) is 13.9 Å². The molecule has 1 aromatic heterocycles. The van der Waals surface area contributed by atoms with Gasteiger partial charge in [-0.15, -0.1) is 0 Å². The molecule has 1 aliphatic heterocycles. The van der Waals surface area contributed by atoms with E-state index in [1.54, 1.807) is 37.8 Å². The molecule has 3 rings (SSSR count). The topological polar surface area (TPSA) is 72.7 Å². The number of carbonyl (C=O) groups is 1. The predicted molar refractivity (Wildman–Crippen MR) is 94.0 cm³/mol. The fraction of sp³-hybridized carbons (Fsp3) is 0.421. The fourth-order valence-electron chi connectivity index (χ4n) is 2.87. The van der Waals surface area contributed by atoms with Crippen molar-refractivity contribution in [3.63, 3.8) is 0 Å². The highest BCUT2D eigenvalue weighted by Gasteiger charge is 2.15. The van der Waals surface area contributed by atoms with Crippen LogP contribution in [0.5, 0.6) is 11.5 Å². The first-order valence-electron chi connectivity index (χ1n) is 8.56. The molecule has 0 atom stereocenters. The van der Waals surface area contributed by atoms with Gasteiger partial charge in [0.25, 0.3) is 5.91 Å². The summed E-state index contributed by atoms with van der Waals surface area (Å²) in [6.45, 7) is 3.11. The van der Waals surface area contributed by atoms with E-state index in [0.29, 0.717) is 36.1 Å². The first-order valence-corrected chi connectivity index (χ1v) is 8.56. The third kappa shape index (κ3) is 5.00. The van der Waals surface area contributed by atoms with Crippen LogP contribution in [0.15, 0.2) is 41.2 Å². The normalized spacial score (nSPS) is 14.9. The average molecular weight is 344 g/mol. The van der Waals surface area contributed by atoms with Crippen LogP contribution in [0.1, 0.15) is 28.8 Å². The largest absolute Gasteiger partial charge is 0.497 e. The number of piperidine rings is 1. The molecule has 134 valence electrons. The third-order valence-corrected chi connectivity index (χ3v) is 4.37. The van der Waals surface area contributed by atoms with E-state index in [0.717, 1.165) is 31.5 Å². The Morgan fingerprint density at radius 2 is 2.08 bits per heavy atom. The van der Waals surface area contributed by atoms with E-state index in [9.17, 15) is 4.79 Å². The number of methoxy groups -OCH3 is 1. The molecule has 0 aliphatic carbocycles. The molecule has 0 unspecified atom stereocenters. The van der Waals surface area contributed by atoms with Crippen molar-refractivity contribution in [3.8, 4) is 11.5 Å². The van der Waals surface area contributed by atoms with Crippen LogP contribution in [-0.4, -0.2) is 32.7 Å². The fourth-order valence-corrected chi connectivity index (χ4v) is 2.87. The van der Waals surface area contributed by atoms with Crippen molar-refractivity contribution in [2.24, 2.45) is 5.92 Å². The van der Waals surface area contributed by atoms with Gasteiger partial charge in [-0.3, -0.25) is 4.79 Å². The number of amides is 1. The van der Waals surface area contributed by atoms with Crippen LogP contribution >= 0.6 is 0 Å². The Bertz CT molecular complexity index is 679. The molecule has 25 heavy (non-hydrogen) atoms. The van der Waals surface area contributed by atoms with E-state index in [-0.39, 0.29) is 5.91 Å². The monoisotopic (exact) mass is 344 g/mol. The van der Waals surface area contributed by atoms with Crippen LogP contribution in [0.25, 0.3) is 0 Å². The number of rotatable bonds is 7. The van der Waals surface area contributed by atoms with Crippen molar-refractivity contribution in [3.05, 3.63) is 47.9 Å². The highest BCUT2D eigenvalue weighted by molar-refractivity contribution is 5.95. The second kappa shape index (κ2) is 8.58. The molecule has 1 fully saturated rings. The molecule has 1 aromatic carbocycles. The minimum atomic E-state index is -0.106. The number of furan rings is 1. The molecule has 6 heteroatoms. The summed E-state index contributed by atoms with van der Waals surface area (Å²) >= 11 is 0. The lowest BCUT2D eigenvalue weighted by molar-refractivity contribution is 0.0943. The van der Waals surface area contributed by atoms with Gasteiger partial charge < -0.3 is 24.5 Å². The molecule has 0 saturated carbocycles. The zero-order valence-corrected chi connectivity index (χ0v) is 14.4. The average Bonchev–Trinajstić information content (AvgIpc) is 3.18. The van der Waals surface area contributed by atoms with Crippen LogP contribution in [0.4, 0.5) is 0 Å². The second-order valence-corrected chi connectivity index (χ2v) is 6.22. The lowest BCUT2D eigenvalue weighted by Gasteiger charge is -2.22. The van der Waals surface area contributed by atoms with Gasteiger partial charge in [0.1, 0.15) is 18.1 Å². The van der Waals surface area contributed by atoms with Crippen molar-refractivity contribution in [1.82, 2.24) is 10.6 Å². The first kappa shape index (κ1) is 17.4. The lowest BCUT2D eigenvalue weighted by atomic mass is 9.98. The van der Waals surface area contributed by atoms with Gasteiger partial charge in [-0.05, 0) is 50.0 Å². The molecule has 0 spiro atoms. The number of carbonyl (C=O) groups excluding carboxylic acids is 1. The van der Waals surface area contributed by atoms with Gasteiger partial charge >= 0.3 is 0 Å². The SMILES string of the molecule is COc1cc(OCc2ccoc2)cc(C(=O)NCC2CCNCC2)c1. The maximum atomic E-state index is 12.5. The van der Waals surface area contributed by atoms with E-state index in [1.165, 1.54) is 0 Å². The van der Waals surface area contributed by atoms with Gasteiger partial charge in [0.2, 0.25) is 0 Å². The second-order valence-electron chi connectivity index (χ2n) is 6.22. The third-order valence-electron chi connectivity index (χ3n) is 4.37. The molecule has 2 N–H and O–H groups in total. The molecule has 2 heterocycles. The van der Waals surface area contributed by atoms with Crippen molar-refractivity contribution < 1.29 is 18.7 Å². The highest BCUT2D eigenvalue weighted by Crippen LogP contribution is 2.24. The smallest absolute Gasteiger partial charge is 0.251 e. The maximum Gasteiger partial charge on any atom is 0.251 e. The molecule has 1 aliphatic rings. The first-order chi connectivity index (χ1) is 12.2. The zero-order chi connectivity index (χ0) is 17.5. The maximum absolute atomic E-state index is 12.5. The summed E-state index contributed by atoms with van der Waals surface area (Å²) in [5.41, 5.74) is 1.47. The van der Waals surface area contributed by atoms with Gasteiger partial charge in [0, 0.05) is 23.7 Å². The Balaban J connectivity index is 1.62. The molecule has 1 saturated heterocycles. The van der Waals surface area contributed by atoms with Crippen molar-refractivity contribution in [2.75, 3.05) is 26.7 Å². The minimum absolute atomic E-state index is 0.106. The molecule has 1 amide bonds. The van der Waals surface area contributed by atoms with E-state index in [1.807, 2.05) is 6.07 Å². The standard InChI is InChI=1S/C19H24N2O4/c1-23-17-8-16(19(22)21-11-14-2-5-20-6-3-14)9-18(10-17)25-13-15-4-7-24-12-15/h4,7-10,12,14,20H,2-3,5-6,11,13H2,1H3,(H,21,22). The van der Waals surface area contributed by atoms with Crippen molar-refractivity contribution >= 4 is 5.91 Å². The molecular formula is C19H24N2O4. The van der Waals surface area contributed by atoms with E-state index in [2.05, 4.69) is 10.6 Å². The summed E-state index contributed by atoms with van der Waals surface area (Å²) in [5.74, 6) is 1.61. The zero-order valence-electron chi connectivity index (χ0n) is 14.4. The Kier molecular flexibility index (Phi) is 5.95. The Morgan fingerprint density at radius 1 is 1.28 bits per heavy atom. The Labute approximate surface area is 147 Å². The predicted octanol–water partition coefficient (Wildman–Crippen LogP) is 2.60. The highest BCUT2D eigenvalue weighted by atomic mass is 16.5. The van der Waals surface area contributed by atoms with Gasteiger partial charge in [0.05, 0.1) is 19.6 Å². The number of nitrogens with one attached hydrogen (secondary N) is 2. The van der Waals surface area contributed by atoms with Crippen molar-refractivity contribution in [1.29, 1.82) is 0 Å². The summed E-state index contributed by atoms with van der Waals surface area (Å²) in [4.78, 5) is 12.5. The quantitative estimate of drug-likeness (QED) is 0.808. The number of hydrogen-bond donors (Lipinski definition) is 2. The van der Waals surface area contributed by atoms with Gasteiger partial charge in [-0.25, -0.2) is 0 Å². The van der Waals surface area contributed by atoms with Gasteiger partial charge in [-0.1, -0.05) is 0 Å². The van der Waals surface area contributed by atoms with Gasteiger partial charge in [-0.2, -0.15) is 0 Å².